The number of aromatic nitrogens is 3. The van der Waals surface area contributed by atoms with Crippen molar-refractivity contribution >= 4 is 15.9 Å². The van der Waals surface area contributed by atoms with Gasteiger partial charge in [0.05, 0.1) is 5.69 Å². The lowest BCUT2D eigenvalue weighted by atomic mass is 10.3. The predicted octanol–water partition coefficient (Wildman–Crippen LogP) is 3.22. The molecule has 2 heterocycles. The topological polar surface area (TPSA) is 30.7 Å². The van der Waals surface area contributed by atoms with E-state index in [4.69, 9.17) is 0 Å². The van der Waals surface area contributed by atoms with Crippen molar-refractivity contribution in [3.05, 3.63) is 40.3 Å². The lowest BCUT2D eigenvalue weighted by Gasteiger charge is -2.02. The summed E-state index contributed by atoms with van der Waals surface area (Å²) in [5, 5.41) is 4.55. The molecule has 0 aliphatic heterocycles. The third-order valence-corrected chi connectivity index (χ3v) is 3.70. The van der Waals surface area contributed by atoms with E-state index in [9.17, 15) is 0 Å². The number of halogens is 1. The molecule has 0 atom stereocenters. The van der Waals surface area contributed by atoms with Crippen LogP contribution in [0.5, 0.6) is 0 Å². The van der Waals surface area contributed by atoms with Gasteiger partial charge in [-0.05, 0) is 53.4 Å². The van der Waals surface area contributed by atoms with E-state index < -0.39 is 0 Å². The van der Waals surface area contributed by atoms with Gasteiger partial charge in [0.25, 0.3) is 0 Å². The summed E-state index contributed by atoms with van der Waals surface area (Å²) < 4.78 is 2.89. The van der Waals surface area contributed by atoms with Gasteiger partial charge in [-0.15, -0.1) is 0 Å². The average molecular weight is 278 g/mol. The highest BCUT2D eigenvalue weighted by Crippen LogP contribution is 2.38. The quantitative estimate of drug-likeness (QED) is 0.844. The molecule has 1 fully saturated rings. The highest BCUT2D eigenvalue weighted by atomic mass is 79.9. The van der Waals surface area contributed by atoms with E-state index >= 15 is 0 Å². The van der Waals surface area contributed by atoms with E-state index in [0.717, 1.165) is 10.3 Å². The Morgan fingerprint density at radius 2 is 2.25 bits per heavy atom. The molecule has 0 amide bonds. The largest absolute Gasteiger partial charge is 0.236 e. The summed E-state index contributed by atoms with van der Waals surface area (Å²) >= 11 is 3.45. The molecule has 1 aliphatic rings. The minimum atomic E-state index is 0.692. The third kappa shape index (κ3) is 1.78. The molecule has 82 valence electrons. The SMILES string of the molecule is Cc1cc(-n2ccc(C3CC3)n2)ncc1Br. The number of aryl methyl sites for hydroxylation is 1. The van der Waals surface area contributed by atoms with Crippen LogP contribution in [0.15, 0.2) is 29.0 Å². The van der Waals surface area contributed by atoms with E-state index in [1.165, 1.54) is 24.1 Å². The maximum Gasteiger partial charge on any atom is 0.153 e. The van der Waals surface area contributed by atoms with Crippen LogP contribution < -0.4 is 0 Å². The Morgan fingerprint density at radius 1 is 1.44 bits per heavy atom. The molecule has 0 aromatic carbocycles. The summed E-state index contributed by atoms with van der Waals surface area (Å²) in [4.78, 5) is 4.36. The van der Waals surface area contributed by atoms with Crippen LogP contribution in [0.2, 0.25) is 0 Å². The van der Waals surface area contributed by atoms with Gasteiger partial charge in [0.1, 0.15) is 0 Å². The molecule has 3 rings (SSSR count). The number of hydrogen-bond acceptors (Lipinski definition) is 2. The monoisotopic (exact) mass is 277 g/mol. The Labute approximate surface area is 103 Å². The summed E-state index contributed by atoms with van der Waals surface area (Å²) in [6.07, 6.45) is 6.38. The highest BCUT2D eigenvalue weighted by Gasteiger charge is 2.25. The Hall–Kier alpha value is -1.16. The Balaban J connectivity index is 1.97. The lowest BCUT2D eigenvalue weighted by molar-refractivity contribution is 0.811. The number of hydrogen-bond donors (Lipinski definition) is 0. The fourth-order valence-corrected chi connectivity index (χ4v) is 1.93. The second kappa shape index (κ2) is 3.70. The molecule has 0 unspecified atom stereocenters. The van der Waals surface area contributed by atoms with Crippen LogP contribution in [0.1, 0.15) is 30.0 Å². The molecule has 4 heteroatoms. The van der Waals surface area contributed by atoms with Gasteiger partial charge >= 0.3 is 0 Å². The van der Waals surface area contributed by atoms with Gasteiger partial charge in [-0.25, -0.2) is 9.67 Å². The molecule has 0 spiro atoms. The van der Waals surface area contributed by atoms with Gasteiger partial charge in [-0.3, -0.25) is 0 Å². The smallest absolute Gasteiger partial charge is 0.153 e. The van der Waals surface area contributed by atoms with Crippen LogP contribution in [-0.4, -0.2) is 14.8 Å². The molecule has 0 saturated heterocycles. The minimum Gasteiger partial charge on any atom is -0.236 e. The summed E-state index contributed by atoms with van der Waals surface area (Å²) in [5.41, 5.74) is 2.37. The average Bonchev–Trinajstić information content (AvgIpc) is 3.01. The second-order valence-electron chi connectivity index (χ2n) is 4.25. The van der Waals surface area contributed by atoms with Gasteiger partial charge in [0, 0.05) is 22.8 Å². The zero-order chi connectivity index (χ0) is 11.1. The van der Waals surface area contributed by atoms with Crippen LogP contribution in [0.4, 0.5) is 0 Å². The van der Waals surface area contributed by atoms with Crippen molar-refractivity contribution in [1.29, 1.82) is 0 Å². The summed E-state index contributed by atoms with van der Waals surface area (Å²) in [6, 6.07) is 4.13. The van der Waals surface area contributed by atoms with E-state index in [1.54, 1.807) is 0 Å². The third-order valence-electron chi connectivity index (χ3n) is 2.87. The van der Waals surface area contributed by atoms with E-state index in [0.29, 0.717) is 5.92 Å². The number of rotatable bonds is 2. The molecule has 0 bridgehead atoms. The van der Waals surface area contributed by atoms with Crippen molar-refractivity contribution in [2.45, 2.75) is 25.7 Å². The maximum absolute atomic E-state index is 4.55. The Bertz CT molecular complexity index is 529. The molecule has 2 aromatic rings. The molecule has 16 heavy (non-hydrogen) atoms. The van der Waals surface area contributed by atoms with Crippen molar-refractivity contribution < 1.29 is 0 Å². The zero-order valence-electron chi connectivity index (χ0n) is 9.02. The van der Waals surface area contributed by atoms with Gasteiger partial charge in [-0.2, -0.15) is 5.10 Å². The molecule has 1 aliphatic carbocycles. The van der Waals surface area contributed by atoms with Gasteiger partial charge in [-0.1, -0.05) is 0 Å². The normalized spacial score (nSPS) is 15.4. The van der Waals surface area contributed by atoms with E-state index in [2.05, 4.69) is 39.0 Å². The van der Waals surface area contributed by atoms with Crippen molar-refractivity contribution in [1.82, 2.24) is 14.8 Å². The van der Waals surface area contributed by atoms with Gasteiger partial charge in [0.2, 0.25) is 0 Å². The minimum absolute atomic E-state index is 0.692. The first-order chi connectivity index (χ1) is 7.74. The standard InChI is InChI=1S/C12H12BrN3/c1-8-6-12(14-7-10(8)13)16-5-4-11(15-16)9-2-3-9/h4-7,9H,2-3H2,1H3. The van der Waals surface area contributed by atoms with Gasteiger partial charge in [0.15, 0.2) is 5.82 Å². The van der Waals surface area contributed by atoms with E-state index in [1.807, 2.05) is 23.1 Å². The van der Waals surface area contributed by atoms with Crippen LogP contribution >= 0.6 is 15.9 Å². The lowest BCUT2D eigenvalue weighted by Crippen LogP contribution is -1.99. The fraction of sp³-hybridized carbons (Fsp3) is 0.333. The van der Waals surface area contributed by atoms with Crippen LogP contribution in [0.25, 0.3) is 5.82 Å². The molecule has 0 N–H and O–H groups in total. The molecular weight excluding hydrogens is 266 g/mol. The first-order valence-corrected chi connectivity index (χ1v) is 6.21. The van der Waals surface area contributed by atoms with Gasteiger partial charge < -0.3 is 0 Å². The second-order valence-corrected chi connectivity index (χ2v) is 5.11. The van der Waals surface area contributed by atoms with Crippen molar-refractivity contribution in [2.75, 3.05) is 0 Å². The molecular formula is C12H12BrN3. The Morgan fingerprint density at radius 3 is 2.94 bits per heavy atom. The van der Waals surface area contributed by atoms with Crippen molar-refractivity contribution in [3.8, 4) is 5.82 Å². The van der Waals surface area contributed by atoms with Crippen molar-refractivity contribution in [2.24, 2.45) is 0 Å². The molecule has 2 aromatic heterocycles. The first-order valence-electron chi connectivity index (χ1n) is 5.42. The summed E-state index contributed by atoms with van der Waals surface area (Å²) in [5.74, 6) is 1.57. The number of pyridine rings is 1. The summed E-state index contributed by atoms with van der Waals surface area (Å²) in [7, 11) is 0. The van der Waals surface area contributed by atoms with E-state index in [-0.39, 0.29) is 0 Å². The highest BCUT2D eigenvalue weighted by molar-refractivity contribution is 9.10. The van der Waals surface area contributed by atoms with Crippen molar-refractivity contribution in [3.63, 3.8) is 0 Å². The first kappa shape index (κ1) is 10.0. The van der Waals surface area contributed by atoms with Crippen LogP contribution in [0.3, 0.4) is 0 Å². The molecule has 0 radical (unpaired) electrons. The molecule has 3 nitrogen and oxygen atoms in total. The zero-order valence-corrected chi connectivity index (χ0v) is 10.6. The van der Waals surface area contributed by atoms with Crippen LogP contribution in [-0.2, 0) is 0 Å². The summed E-state index contributed by atoms with van der Waals surface area (Å²) in [6.45, 7) is 2.06. The predicted molar refractivity (Wildman–Crippen MR) is 65.8 cm³/mol. The maximum atomic E-state index is 4.55. The Kier molecular flexibility index (Phi) is 2.32. The fourth-order valence-electron chi connectivity index (χ4n) is 1.71. The van der Waals surface area contributed by atoms with Crippen LogP contribution in [0, 0.1) is 6.92 Å². The molecule has 1 saturated carbocycles. The number of nitrogens with zero attached hydrogens (tertiary/aromatic N) is 3.